The minimum Gasteiger partial charge on any atom is -0.494 e. The zero-order valence-corrected chi connectivity index (χ0v) is 13.9. The zero-order valence-electron chi connectivity index (χ0n) is 13.1. The van der Waals surface area contributed by atoms with Gasteiger partial charge in [-0.1, -0.05) is 11.3 Å². The largest absolute Gasteiger partial charge is 0.494 e. The van der Waals surface area contributed by atoms with Gasteiger partial charge < -0.3 is 20.5 Å². The lowest BCUT2D eigenvalue weighted by atomic mass is 9.79. The lowest BCUT2D eigenvalue weighted by Gasteiger charge is -2.34. The number of nitrogens with two attached hydrogens (primary N) is 1. The Morgan fingerprint density at radius 1 is 1.48 bits per heavy atom. The molecule has 1 aliphatic heterocycles. The summed E-state index contributed by atoms with van der Waals surface area (Å²) in [7, 11) is 0. The van der Waals surface area contributed by atoms with Crippen LogP contribution in [0.4, 0.5) is 5.13 Å². The fraction of sp³-hybridized carbons (Fsp3) is 0.500. The molecule has 7 heteroatoms. The third kappa shape index (κ3) is 3.31. The van der Waals surface area contributed by atoms with Crippen LogP contribution in [-0.4, -0.2) is 37.3 Å². The van der Waals surface area contributed by atoms with Gasteiger partial charge in [-0.15, -0.1) is 0 Å². The predicted octanol–water partition coefficient (Wildman–Crippen LogP) is 2.39. The molecule has 0 radical (unpaired) electrons. The van der Waals surface area contributed by atoms with Crippen LogP contribution in [0, 0.1) is 5.41 Å². The van der Waals surface area contributed by atoms with E-state index in [1.807, 2.05) is 25.1 Å². The molecular weight excluding hydrogens is 314 g/mol. The standard InChI is InChI=1S/C16H21N3O3S/c1-2-22-11-3-4-12-13(9-11)23-15(18-12)19-14(20)16(10-17)5-7-21-8-6-16/h3-4,9H,2,5-8,10,17H2,1H3,(H,18,19,20). The maximum absolute atomic E-state index is 12.7. The topological polar surface area (TPSA) is 86.5 Å². The lowest BCUT2D eigenvalue weighted by Crippen LogP contribution is -2.46. The third-order valence-electron chi connectivity index (χ3n) is 4.21. The molecule has 3 N–H and O–H groups in total. The van der Waals surface area contributed by atoms with E-state index in [0.29, 0.717) is 44.3 Å². The highest BCUT2D eigenvalue weighted by atomic mass is 32.1. The van der Waals surface area contributed by atoms with E-state index in [4.69, 9.17) is 15.2 Å². The number of fused-ring (bicyclic) bond motifs is 1. The molecular formula is C16H21N3O3S. The van der Waals surface area contributed by atoms with Crippen molar-refractivity contribution in [1.82, 2.24) is 4.98 Å². The van der Waals surface area contributed by atoms with Gasteiger partial charge in [0.25, 0.3) is 0 Å². The Kier molecular flexibility index (Phi) is 4.79. The van der Waals surface area contributed by atoms with Crippen LogP contribution in [0.1, 0.15) is 19.8 Å². The lowest BCUT2D eigenvalue weighted by molar-refractivity contribution is -0.130. The smallest absolute Gasteiger partial charge is 0.233 e. The van der Waals surface area contributed by atoms with Gasteiger partial charge >= 0.3 is 0 Å². The molecule has 0 atom stereocenters. The molecule has 23 heavy (non-hydrogen) atoms. The number of rotatable bonds is 5. The highest BCUT2D eigenvalue weighted by molar-refractivity contribution is 7.22. The molecule has 6 nitrogen and oxygen atoms in total. The molecule has 0 aliphatic carbocycles. The first-order chi connectivity index (χ1) is 11.2. The Hall–Kier alpha value is -1.70. The van der Waals surface area contributed by atoms with Crippen molar-refractivity contribution in [1.29, 1.82) is 0 Å². The molecule has 0 saturated carbocycles. The first kappa shape index (κ1) is 16.2. The van der Waals surface area contributed by atoms with Crippen molar-refractivity contribution >= 4 is 32.6 Å². The van der Waals surface area contributed by atoms with Gasteiger partial charge in [0.1, 0.15) is 5.75 Å². The van der Waals surface area contributed by atoms with Crippen molar-refractivity contribution in [2.45, 2.75) is 19.8 Å². The summed E-state index contributed by atoms with van der Waals surface area (Å²) in [4.78, 5) is 17.1. The molecule has 0 spiro atoms. The normalized spacial score (nSPS) is 17.1. The molecule has 2 aromatic rings. The van der Waals surface area contributed by atoms with E-state index < -0.39 is 5.41 Å². The molecule has 1 aromatic carbocycles. The molecule has 1 fully saturated rings. The van der Waals surface area contributed by atoms with Crippen LogP contribution in [0.25, 0.3) is 10.2 Å². The highest BCUT2D eigenvalue weighted by Gasteiger charge is 2.39. The van der Waals surface area contributed by atoms with E-state index in [2.05, 4.69) is 10.3 Å². The van der Waals surface area contributed by atoms with Crippen LogP contribution in [0.15, 0.2) is 18.2 Å². The van der Waals surface area contributed by atoms with Crippen molar-refractivity contribution < 1.29 is 14.3 Å². The van der Waals surface area contributed by atoms with E-state index in [-0.39, 0.29) is 5.91 Å². The van der Waals surface area contributed by atoms with Crippen LogP contribution in [0.2, 0.25) is 0 Å². The maximum atomic E-state index is 12.7. The molecule has 2 heterocycles. The Labute approximate surface area is 139 Å². The van der Waals surface area contributed by atoms with Crippen LogP contribution in [-0.2, 0) is 9.53 Å². The summed E-state index contributed by atoms with van der Waals surface area (Å²) in [5.41, 5.74) is 6.17. The van der Waals surface area contributed by atoms with E-state index in [0.717, 1.165) is 16.0 Å². The summed E-state index contributed by atoms with van der Waals surface area (Å²) in [5.74, 6) is 0.747. The number of nitrogens with one attached hydrogen (secondary N) is 1. The minimum absolute atomic E-state index is 0.0626. The minimum atomic E-state index is -0.549. The van der Waals surface area contributed by atoms with Crippen molar-refractivity contribution in [2.75, 3.05) is 31.7 Å². The van der Waals surface area contributed by atoms with Gasteiger partial charge in [-0.2, -0.15) is 0 Å². The van der Waals surface area contributed by atoms with Gasteiger partial charge in [0.05, 0.1) is 22.2 Å². The molecule has 1 aliphatic rings. The third-order valence-corrected chi connectivity index (χ3v) is 5.15. The highest BCUT2D eigenvalue weighted by Crippen LogP contribution is 2.33. The fourth-order valence-corrected chi connectivity index (χ4v) is 3.62. The number of hydrogen-bond acceptors (Lipinski definition) is 6. The number of amides is 1. The first-order valence-corrected chi connectivity index (χ1v) is 8.61. The molecule has 0 unspecified atom stereocenters. The van der Waals surface area contributed by atoms with Crippen LogP contribution < -0.4 is 15.8 Å². The van der Waals surface area contributed by atoms with Gasteiger partial charge in [-0.3, -0.25) is 4.79 Å². The quantitative estimate of drug-likeness (QED) is 0.876. The maximum Gasteiger partial charge on any atom is 0.233 e. The van der Waals surface area contributed by atoms with Gasteiger partial charge in [0.2, 0.25) is 5.91 Å². The molecule has 1 amide bonds. The number of carbonyl (C=O) groups is 1. The fourth-order valence-electron chi connectivity index (χ4n) is 2.73. The first-order valence-electron chi connectivity index (χ1n) is 7.79. The van der Waals surface area contributed by atoms with Gasteiger partial charge in [-0.05, 0) is 38.0 Å². The summed E-state index contributed by atoms with van der Waals surface area (Å²) in [6, 6.07) is 5.73. The summed E-state index contributed by atoms with van der Waals surface area (Å²) < 4.78 is 11.8. The van der Waals surface area contributed by atoms with Crippen molar-refractivity contribution in [3.05, 3.63) is 18.2 Å². The Bertz CT molecular complexity index is 695. The summed E-state index contributed by atoms with van der Waals surface area (Å²) in [5, 5.41) is 3.53. The van der Waals surface area contributed by atoms with E-state index in [9.17, 15) is 4.79 Å². The van der Waals surface area contributed by atoms with E-state index in [1.54, 1.807) is 0 Å². The van der Waals surface area contributed by atoms with Crippen LogP contribution in [0.5, 0.6) is 5.75 Å². The van der Waals surface area contributed by atoms with E-state index in [1.165, 1.54) is 11.3 Å². The molecule has 124 valence electrons. The zero-order chi connectivity index (χ0) is 16.3. The number of aromatic nitrogens is 1. The van der Waals surface area contributed by atoms with Gasteiger partial charge in [-0.25, -0.2) is 4.98 Å². The number of hydrogen-bond donors (Lipinski definition) is 2. The number of anilines is 1. The average molecular weight is 335 g/mol. The van der Waals surface area contributed by atoms with Crippen LogP contribution >= 0.6 is 11.3 Å². The molecule has 0 bridgehead atoms. The number of carbonyl (C=O) groups excluding carboxylic acids is 1. The average Bonchev–Trinajstić information content (AvgIpc) is 2.97. The monoisotopic (exact) mass is 335 g/mol. The SMILES string of the molecule is CCOc1ccc2nc(NC(=O)C3(CN)CCOCC3)sc2c1. The predicted molar refractivity (Wildman–Crippen MR) is 91.0 cm³/mol. The molecule has 1 aromatic heterocycles. The van der Waals surface area contributed by atoms with Crippen molar-refractivity contribution in [3.8, 4) is 5.75 Å². The Morgan fingerprint density at radius 3 is 2.96 bits per heavy atom. The molecule has 3 rings (SSSR count). The Balaban J connectivity index is 1.79. The number of nitrogens with zero attached hydrogens (tertiary/aromatic N) is 1. The van der Waals surface area contributed by atoms with Crippen molar-refractivity contribution in [3.63, 3.8) is 0 Å². The Morgan fingerprint density at radius 2 is 2.26 bits per heavy atom. The number of thiazole rings is 1. The van der Waals surface area contributed by atoms with Gasteiger partial charge in [0, 0.05) is 19.8 Å². The number of benzene rings is 1. The summed E-state index contributed by atoms with van der Waals surface area (Å²) >= 11 is 1.44. The van der Waals surface area contributed by atoms with Crippen LogP contribution in [0.3, 0.4) is 0 Å². The number of ether oxygens (including phenoxy) is 2. The second-order valence-electron chi connectivity index (χ2n) is 5.63. The van der Waals surface area contributed by atoms with Gasteiger partial charge in [0.15, 0.2) is 5.13 Å². The second kappa shape index (κ2) is 6.82. The van der Waals surface area contributed by atoms with E-state index >= 15 is 0 Å². The summed E-state index contributed by atoms with van der Waals surface area (Å²) in [6.07, 6.45) is 1.30. The van der Waals surface area contributed by atoms with Crippen molar-refractivity contribution in [2.24, 2.45) is 11.1 Å². The molecule has 1 saturated heterocycles. The summed E-state index contributed by atoms with van der Waals surface area (Å²) in [6.45, 7) is 4.03. The second-order valence-corrected chi connectivity index (χ2v) is 6.66.